The van der Waals surface area contributed by atoms with Crippen LogP contribution < -0.4 is 5.73 Å². The molecule has 1 atom stereocenters. The molecule has 128 valence electrons. The molecular formula is C12H6ClF5N4OS. The van der Waals surface area contributed by atoms with Crippen molar-refractivity contribution in [3.05, 3.63) is 34.2 Å². The lowest BCUT2D eigenvalue weighted by Crippen LogP contribution is -2.18. The summed E-state index contributed by atoms with van der Waals surface area (Å²) in [5.41, 5.74) is -1.33. The lowest BCUT2D eigenvalue weighted by atomic mass is 10.2. The molecule has 1 aromatic carbocycles. The molecule has 0 saturated carbocycles. The van der Waals surface area contributed by atoms with E-state index in [4.69, 9.17) is 22.6 Å². The number of nitriles is 1. The highest BCUT2D eigenvalue weighted by Crippen LogP contribution is 2.35. The number of halogens is 6. The van der Waals surface area contributed by atoms with Crippen LogP contribution in [-0.4, -0.2) is 19.5 Å². The van der Waals surface area contributed by atoms with Gasteiger partial charge in [0.2, 0.25) is 0 Å². The van der Waals surface area contributed by atoms with Crippen molar-refractivity contribution in [1.29, 1.82) is 5.26 Å². The lowest BCUT2D eigenvalue weighted by molar-refractivity contribution is -0.0384. The summed E-state index contributed by atoms with van der Waals surface area (Å²) in [6, 6.07) is 3.08. The molecule has 1 aromatic heterocycles. The molecule has 0 bridgehead atoms. The van der Waals surface area contributed by atoms with Crippen LogP contribution in [0.1, 0.15) is 11.3 Å². The highest BCUT2D eigenvalue weighted by atomic mass is 35.5. The van der Waals surface area contributed by atoms with E-state index < -0.39 is 55.9 Å². The van der Waals surface area contributed by atoms with Gasteiger partial charge >= 0.3 is 5.51 Å². The molecule has 0 amide bonds. The predicted octanol–water partition coefficient (Wildman–Crippen LogP) is 3.22. The van der Waals surface area contributed by atoms with Crippen LogP contribution in [0, 0.1) is 17.1 Å². The van der Waals surface area contributed by atoms with Crippen molar-refractivity contribution >= 4 is 28.2 Å². The summed E-state index contributed by atoms with van der Waals surface area (Å²) >= 11 is 5.79. The van der Waals surface area contributed by atoms with Crippen molar-refractivity contribution in [1.82, 2.24) is 9.78 Å². The van der Waals surface area contributed by atoms with E-state index in [1.807, 2.05) is 0 Å². The maximum atomic E-state index is 14.1. The SMILES string of the molecule is N#Cc1nn(-c2c(F)cc(CF)cc2Cl)c(N)c1S(=O)C(F)(F)F. The zero-order chi connectivity index (χ0) is 18.2. The van der Waals surface area contributed by atoms with Crippen LogP contribution in [0.25, 0.3) is 5.69 Å². The second-order valence-corrected chi connectivity index (χ2v) is 6.16. The molecule has 1 unspecified atom stereocenters. The van der Waals surface area contributed by atoms with Gasteiger partial charge in [-0.3, -0.25) is 0 Å². The summed E-state index contributed by atoms with van der Waals surface area (Å²) in [5.74, 6) is -1.99. The third-order valence-electron chi connectivity index (χ3n) is 2.82. The molecule has 1 heterocycles. The predicted molar refractivity (Wildman–Crippen MR) is 74.9 cm³/mol. The van der Waals surface area contributed by atoms with Crippen LogP contribution in [0.15, 0.2) is 17.0 Å². The first-order valence-electron chi connectivity index (χ1n) is 5.93. The number of aromatic nitrogens is 2. The van der Waals surface area contributed by atoms with Crippen LogP contribution >= 0.6 is 11.6 Å². The van der Waals surface area contributed by atoms with Gasteiger partial charge in [0.1, 0.15) is 29.1 Å². The molecule has 2 aromatic rings. The minimum absolute atomic E-state index is 0.119. The van der Waals surface area contributed by atoms with Crippen molar-refractivity contribution in [3.8, 4) is 11.8 Å². The lowest BCUT2D eigenvalue weighted by Gasteiger charge is -2.10. The largest absolute Gasteiger partial charge is 0.476 e. The van der Waals surface area contributed by atoms with Crippen molar-refractivity contribution in [3.63, 3.8) is 0 Å². The van der Waals surface area contributed by atoms with E-state index in [0.717, 1.165) is 12.1 Å². The fourth-order valence-corrected chi connectivity index (χ4v) is 2.94. The van der Waals surface area contributed by atoms with Gasteiger partial charge < -0.3 is 5.73 Å². The normalized spacial score (nSPS) is 12.9. The third kappa shape index (κ3) is 3.07. The van der Waals surface area contributed by atoms with Crippen LogP contribution in [0.4, 0.5) is 27.8 Å². The quantitative estimate of drug-likeness (QED) is 0.823. The second kappa shape index (κ2) is 6.37. The first-order chi connectivity index (χ1) is 11.1. The molecule has 24 heavy (non-hydrogen) atoms. The molecule has 0 spiro atoms. The summed E-state index contributed by atoms with van der Waals surface area (Å²) in [4.78, 5) is -1.10. The Hall–Kier alpha value is -2.19. The van der Waals surface area contributed by atoms with Gasteiger partial charge in [-0.15, -0.1) is 0 Å². The molecule has 0 fully saturated rings. The molecule has 2 rings (SSSR count). The van der Waals surface area contributed by atoms with Crippen molar-refractivity contribution in [2.75, 3.05) is 5.73 Å². The fourth-order valence-electron chi connectivity index (χ4n) is 1.86. The number of rotatable bonds is 3. The molecule has 0 aliphatic carbocycles. The Kier molecular flexibility index (Phi) is 4.82. The van der Waals surface area contributed by atoms with E-state index in [-0.39, 0.29) is 5.56 Å². The van der Waals surface area contributed by atoms with Crippen molar-refractivity contribution in [2.24, 2.45) is 0 Å². The van der Waals surface area contributed by atoms with E-state index in [1.54, 1.807) is 0 Å². The Labute approximate surface area is 138 Å². The van der Waals surface area contributed by atoms with Crippen LogP contribution in [0.2, 0.25) is 5.02 Å². The number of nitrogens with zero attached hydrogens (tertiary/aromatic N) is 3. The molecule has 0 aliphatic heterocycles. The first-order valence-corrected chi connectivity index (χ1v) is 7.46. The number of hydrogen-bond acceptors (Lipinski definition) is 4. The van der Waals surface area contributed by atoms with Crippen LogP contribution in [0.5, 0.6) is 0 Å². The number of nitrogens with two attached hydrogens (primary N) is 1. The van der Waals surface area contributed by atoms with Crippen LogP contribution in [0.3, 0.4) is 0 Å². The molecule has 5 nitrogen and oxygen atoms in total. The molecule has 2 N–H and O–H groups in total. The molecular weight excluding hydrogens is 379 g/mol. The van der Waals surface area contributed by atoms with Crippen molar-refractivity contribution < 1.29 is 26.2 Å². The van der Waals surface area contributed by atoms with E-state index >= 15 is 0 Å². The van der Waals surface area contributed by atoms with Gasteiger partial charge in [-0.05, 0) is 17.7 Å². The number of anilines is 1. The smallest absolute Gasteiger partial charge is 0.383 e. The zero-order valence-corrected chi connectivity index (χ0v) is 12.9. The van der Waals surface area contributed by atoms with Gasteiger partial charge in [0, 0.05) is 0 Å². The number of nitrogen functional groups attached to an aromatic ring is 1. The molecule has 0 radical (unpaired) electrons. The highest BCUT2D eigenvalue weighted by Gasteiger charge is 2.42. The van der Waals surface area contributed by atoms with Gasteiger partial charge in [0.05, 0.1) is 5.02 Å². The minimum atomic E-state index is -5.20. The Balaban J connectivity index is 2.74. The Morgan fingerprint density at radius 3 is 2.50 bits per heavy atom. The fraction of sp³-hybridized carbons (Fsp3) is 0.167. The van der Waals surface area contributed by atoms with E-state index in [0.29, 0.717) is 4.68 Å². The zero-order valence-electron chi connectivity index (χ0n) is 11.4. The van der Waals surface area contributed by atoms with Crippen LogP contribution in [-0.2, 0) is 17.5 Å². The maximum Gasteiger partial charge on any atom is 0.476 e. The maximum absolute atomic E-state index is 14.1. The van der Waals surface area contributed by atoms with E-state index in [9.17, 15) is 26.2 Å². The van der Waals surface area contributed by atoms with Gasteiger partial charge in [-0.1, -0.05) is 11.6 Å². The minimum Gasteiger partial charge on any atom is -0.383 e. The standard InChI is InChI=1S/C12H6ClF5N4OS/c13-6-1-5(3-14)2-7(15)9(6)22-11(20)10(8(4-19)21-22)24(23)12(16,17)18/h1-2H,3,20H2. The summed E-state index contributed by atoms with van der Waals surface area (Å²) in [6.07, 6.45) is 0. The Morgan fingerprint density at radius 2 is 2.04 bits per heavy atom. The van der Waals surface area contributed by atoms with E-state index in [1.165, 1.54) is 6.07 Å². The number of benzene rings is 1. The third-order valence-corrected chi connectivity index (χ3v) is 4.30. The second-order valence-electron chi connectivity index (χ2n) is 4.34. The number of hydrogen-bond donors (Lipinski definition) is 1. The highest BCUT2D eigenvalue weighted by molar-refractivity contribution is 7.86. The molecule has 12 heteroatoms. The summed E-state index contributed by atoms with van der Waals surface area (Å²) < 4.78 is 76.6. The molecule has 0 aliphatic rings. The van der Waals surface area contributed by atoms with Gasteiger partial charge in [-0.25, -0.2) is 17.7 Å². The average molecular weight is 385 g/mol. The summed E-state index contributed by atoms with van der Waals surface area (Å²) in [7, 11) is -3.65. The average Bonchev–Trinajstić information content (AvgIpc) is 2.81. The van der Waals surface area contributed by atoms with Gasteiger partial charge in [0.15, 0.2) is 22.3 Å². The summed E-state index contributed by atoms with van der Waals surface area (Å²) in [6.45, 7) is -1.03. The summed E-state index contributed by atoms with van der Waals surface area (Å²) in [5, 5.41) is 11.9. The van der Waals surface area contributed by atoms with E-state index in [2.05, 4.69) is 5.10 Å². The van der Waals surface area contributed by atoms with Gasteiger partial charge in [-0.2, -0.15) is 23.5 Å². The van der Waals surface area contributed by atoms with Crippen molar-refractivity contribution in [2.45, 2.75) is 17.1 Å². The topological polar surface area (TPSA) is 84.7 Å². The number of alkyl halides is 4. The molecule has 0 saturated heterocycles. The first kappa shape index (κ1) is 18.2. The Morgan fingerprint density at radius 1 is 1.42 bits per heavy atom. The monoisotopic (exact) mass is 384 g/mol. The van der Waals surface area contributed by atoms with Gasteiger partial charge in [0.25, 0.3) is 0 Å². The Bertz CT molecular complexity index is 851.